The van der Waals surface area contributed by atoms with Gasteiger partial charge in [-0.05, 0) is 44.2 Å². The highest BCUT2D eigenvalue weighted by molar-refractivity contribution is 6.17. The third-order valence-corrected chi connectivity index (χ3v) is 6.35. The number of nitriles is 1. The van der Waals surface area contributed by atoms with Gasteiger partial charge in [0, 0.05) is 24.8 Å². The maximum atomic E-state index is 13.4. The number of hydrogen-bond donors (Lipinski definition) is 3. The summed E-state index contributed by atoms with van der Waals surface area (Å²) in [6, 6.07) is 6.48. The highest BCUT2D eigenvalue weighted by atomic mass is 16.5. The number of nitrogens with zero attached hydrogens (tertiary/aromatic N) is 1. The lowest BCUT2D eigenvalue weighted by Crippen LogP contribution is -2.41. The van der Waals surface area contributed by atoms with Crippen LogP contribution in [-0.4, -0.2) is 48.1 Å². The van der Waals surface area contributed by atoms with Crippen molar-refractivity contribution in [2.24, 2.45) is 17.8 Å². The zero-order valence-electron chi connectivity index (χ0n) is 20.6. The maximum absolute atomic E-state index is 13.4. The number of hydrogen-bond acceptors (Lipinski definition) is 6. The van der Waals surface area contributed by atoms with E-state index < -0.39 is 17.9 Å². The first-order chi connectivity index (χ1) is 16.7. The number of methoxy groups -OCH3 is 1. The van der Waals surface area contributed by atoms with Crippen LogP contribution in [0.15, 0.2) is 18.2 Å². The summed E-state index contributed by atoms with van der Waals surface area (Å²) in [6.45, 7) is 5.85. The number of ketones is 2. The molecule has 0 unspecified atom stereocenters. The zero-order chi connectivity index (χ0) is 25.7. The Hall–Kier alpha value is -3.67. The molecule has 2 aromatic rings. The normalized spacial score (nSPS) is 17.0. The molecule has 1 aliphatic rings. The van der Waals surface area contributed by atoms with Crippen molar-refractivity contribution in [1.82, 2.24) is 15.6 Å². The van der Waals surface area contributed by atoms with E-state index in [-0.39, 0.29) is 53.4 Å². The van der Waals surface area contributed by atoms with Crippen LogP contribution in [0.25, 0.3) is 10.9 Å². The second-order valence-electron chi connectivity index (χ2n) is 9.47. The molecule has 0 radical (unpaired) electrons. The van der Waals surface area contributed by atoms with Crippen molar-refractivity contribution < 1.29 is 23.9 Å². The van der Waals surface area contributed by atoms with Gasteiger partial charge in [0.25, 0.3) is 0 Å². The summed E-state index contributed by atoms with van der Waals surface area (Å²) in [5.41, 5.74) is 0.994. The second-order valence-corrected chi connectivity index (χ2v) is 9.47. The molecule has 3 atom stereocenters. The number of fused-ring (bicyclic) bond motifs is 1. The molecule has 0 saturated carbocycles. The minimum absolute atomic E-state index is 0.112. The van der Waals surface area contributed by atoms with Crippen LogP contribution in [0.4, 0.5) is 0 Å². The molecule has 2 amide bonds. The van der Waals surface area contributed by atoms with Gasteiger partial charge < -0.3 is 20.4 Å². The maximum Gasteiger partial charge on any atom is 0.224 e. The van der Waals surface area contributed by atoms with Crippen molar-refractivity contribution >= 4 is 34.3 Å². The highest BCUT2D eigenvalue weighted by Gasteiger charge is 2.32. The van der Waals surface area contributed by atoms with Crippen LogP contribution in [0.5, 0.6) is 5.75 Å². The molecule has 9 nitrogen and oxygen atoms in total. The van der Waals surface area contributed by atoms with E-state index in [0.29, 0.717) is 36.0 Å². The average molecular weight is 481 g/mol. The van der Waals surface area contributed by atoms with Crippen LogP contribution >= 0.6 is 0 Å². The summed E-state index contributed by atoms with van der Waals surface area (Å²) in [7, 11) is 1.50. The molecule has 0 bridgehead atoms. The van der Waals surface area contributed by atoms with Crippen LogP contribution < -0.4 is 15.4 Å². The van der Waals surface area contributed by atoms with Gasteiger partial charge in [0.05, 0.1) is 35.3 Å². The van der Waals surface area contributed by atoms with E-state index in [4.69, 9.17) is 4.74 Å². The molecule has 3 N–H and O–H groups in total. The minimum Gasteiger partial charge on any atom is -0.496 e. The fraction of sp³-hybridized carbons (Fsp3) is 0.500. The van der Waals surface area contributed by atoms with Crippen molar-refractivity contribution in [2.75, 3.05) is 13.7 Å². The van der Waals surface area contributed by atoms with Crippen LogP contribution in [0.2, 0.25) is 0 Å². The molecule has 9 heteroatoms. The second kappa shape index (κ2) is 11.2. The smallest absolute Gasteiger partial charge is 0.224 e. The molecule has 1 saturated heterocycles. The summed E-state index contributed by atoms with van der Waals surface area (Å²) in [5.74, 6) is -1.57. The third kappa shape index (κ3) is 5.88. The Morgan fingerprint density at radius 1 is 1.29 bits per heavy atom. The number of rotatable bonds is 11. The van der Waals surface area contributed by atoms with E-state index in [0.717, 1.165) is 0 Å². The molecule has 0 aliphatic carbocycles. The first kappa shape index (κ1) is 25.9. The molecule has 1 aromatic heterocycles. The van der Waals surface area contributed by atoms with E-state index in [1.165, 1.54) is 14.0 Å². The predicted octanol–water partition coefficient (Wildman–Crippen LogP) is 3.15. The molecule has 1 aliphatic heterocycles. The SMILES string of the molecule is COc1cccc2[nH]c(C(=O)C[C@@H](CC(C)C)C(=O)N[C@H](C#N)C[C@@H]3CCNC3=O)c(C(C)=O)c12. The predicted molar refractivity (Wildman–Crippen MR) is 130 cm³/mol. The molecule has 3 rings (SSSR count). The van der Waals surface area contributed by atoms with E-state index in [9.17, 15) is 24.4 Å². The number of carbonyl (C=O) groups is 4. The molecular formula is C26H32N4O5. The Morgan fingerprint density at radius 3 is 2.60 bits per heavy atom. The van der Waals surface area contributed by atoms with Crippen LogP contribution in [0.3, 0.4) is 0 Å². The van der Waals surface area contributed by atoms with Gasteiger partial charge >= 0.3 is 0 Å². The first-order valence-corrected chi connectivity index (χ1v) is 11.9. The standard InChI is InChI=1S/C26H32N4O5/c1-14(2)10-17(26(34)29-18(13-27)11-16-8-9-28-25(16)33)12-20(32)24-22(15(3)31)23-19(30-24)6-5-7-21(23)35-4/h5-7,14,16-18,30H,8-12H2,1-4H3,(H,28,33)(H,29,34)/t16-,17+,18-/m0/s1. The number of benzene rings is 1. The molecule has 35 heavy (non-hydrogen) atoms. The lowest BCUT2D eigenvalue weighted by atomic mass is 9.89. The summed E-state index contributed by atoms with van der Waals surface area (Å²) in [5, 5.41) is 15.6. The van der Waals surface area contributed by atoms with Gasteiger partial charge in [-0.25, -0.2) is 0 Å². The molecule has 186 valence electrons. The largest absolute Gasteiger partial charge is 0.496 e. The monoisotopic (exact) mass is 480 g/mol. The van der Waals surface area contributed by atoms with Crippen LogP contribution in [0, 0.1) is 29.1 Å². The van der Waals surface area contributed by atoms with Gasteiger partial charge in [-0.1, -0.05) is 19.9 Å². The van der Waals surface area contributed by atoms with Gasteiger partial charge in [0.2, 0.25) is 11.8 Å². The number of amides is 2. The van der Waals surface area contributed by atoms with Crippen molar-refractivity contribution in [3.63, 3.8) is 0 Å². The number of aromatic nitrogens is 1. The Kier molecular flexibility index (Phi) is 8.28. The Labute approximate surface area is 204 Å². The van der Waals surface area contributed by atoms with Gasteiger partial charge in [-0.3, -0.25) is 19.2 Å². The molecular weight excluding hydrogens is 448 g/mol. The van der Waals surface area contributed by atoms with Gasteiger partial charge in [0.1, 0.15) is 11.8 Å². The van der Waals surface area contributed by atoms with Gasteiger partial charge in [-0.15, -0.1) is 0 Å². The van der Waals surface area contributed by atoms with E-state index in [1.807, 2.05) is 13.8 Å². The minimum atomic E-state index is -0.828. The number of H-pyrrole nitrogens is 1. The Morgan fingerprint density at radius 2 is 2.03 bits per heavy atom. The number of Topliss-reactive ketones (excluding diaryl/α,β-unsaturated/α-hetero) is 2. The van der Waals surface area contributed by atoms with Gasteiger partial charge in [0.15, 0.2) is 11.6 Å². The van der Waals surface area contributed by atoms with Crippen molar-refractivity contribution in [3.05, 3.63) is 29.5 Å². The van der Waals surface area contributed by atoms with E-state index in [1.54, 1.807) is 18.2 Å². The third-order valence-electron chi connectivity index (χ3n) is 6.35. The Balaban J connectivity index is 1.83. The summed E-state index contributed by atoms with van der Waals surface area (Å²) in [6.07, 6.45) is 1.16. The summed E-state index contributed by atoms with van der Waals surface area (Å²) in [4.78, 5) is 54.0. The average Bonchev–Trinajstić information content (AvgIpc) is 3.40. The fourth-order valence-electron chi connectivity index (χ4n) is 4.71. The van der Waals surface area contributed by atoms with Crippen molar-refractivity contribution in [3.8, 4) is 11.8 Å². The number of nitrogens with one attached hydrogen (secondary N) is 3. The topological polar surface area (TPSA) is 141 Å². The lowest BCUT2D eigenvalue weighted by molar-refractivity contribution is -0.127. The zero-order valence-corrected chi connectivity index (χ0v) is 20.6. The summed E-state index contributed by atoms with van der Waals surface area (Å²) < 4.78 is 5.39. The van der Waals surface area contributed by atoms with Crippen molar-refractivity contribution in [2.45, 2.75) is 52.5 Å². The van der Waals surface area contributed by atoms with E-state index >= 15 is 0 Å². The lowest BCUT2D eigenvalue weighted by Gasteiger charge is -2.21. The molecule has 1 aromatic carbocycles. The molecule has 0 spiro atoms. The first-order valence-electron chi connectivity index (χ1n) is 11.9. The van der Waals surface area contributed by atoms with Crippen LogP contribution in [-0.2, 0) is 9.59 Å². The Bertz CT molecular complexity index is 1180. The highest BCUT2D eigenvalue weighted by Crippen LogP contribution is 2.33. The van der Waals surface area contributed by atoms with Crippen LogP contribution in [0.1, 0.15) is 67.3 Å². The fourth-order valence-corrected chi connectivity index (χ4v) is 4.71. The van der Waals surface area contributed by atoms with Gasteiger partial charge in [-0.2, -0.15) is 5.26 Å². The number of ether oxygens (including phenoxy) is 1. The summed E-state index contributed by atoms with van der Waals surface area (Å²) >= 11 is 0. The van der Waals surface area contributed by atoms with E-state index in [2.05, 4.69) is 21.7 Å². The molecule has 2 heterocycles. The molecule has 1 fully saturated rings. The van der Waals surface area contributed by atoms with Crippen molar-refractivity contribution in [1.29, 1.82) is 5.26 Å². The number of aromatic amines is 1. The number of carbonyl (C=O) groups excluding carboxylic acids is 4. The quantitative estimate of drug-likeness (QED) is 0.422.